The number of benzene rings is 2. The summed E-state index contributed by atoms with van der Waals surface area (Å²) in [5.74, 6) is 2.18. The highest BCUT2D eigenvalue weighted by molar-refractivity contribution is 6.01. The Balaban J connectivity index is 0.850. The highest BCUT2D eigenvalue weighted by atomic mass is 16.5. The number of amides is 2. The van der Waals surface area contributed by atoms with Gasteiger partial charge in [-0.2, -0.15) is 0 Å². The number of hydrogen-bond donors (Lipinski definition) is 0. The van der Waals surface area contributed by atoms with Crippen LogP contribution in [0.1, 0.15) is 64.9 Å². The number of fused-ring (bicyclic) bond motifs is 3. The molecule has 47 heavy (non-hydrogen) atoms. The Hall–Kier alpha value is -4.63. The average Bonchev–Trinajstić information content (AvgIpc) is 3.73. The first-order valence-electron chi connectivity index (χ1n) is 17.0. The molecule has 5 heterocycles. The number of carbonyl (C=O) groups is 2. The van der Waals surface area contributed by atoms with Crippen LogP contribution in [-0.4, -0.2) is 94.9 Å². The number of hydrogen-bond acceptors (Lipinski definition) is 6. The predicted octanol–water partition coefficient (Wildman–Crippen LogP) is 6.04. The lowest BCUT2D eigenvalue weighted by atomic mass is 10.0. The van der Waals surface area contributed by atoms with Crippen molar-refractivity contribution in [3.05, 3.63) is 89.8 Å². The van der Waals surface area contributed by atoms with Crippen LogP contribution in [0.25, 0.3) is 23.0 Å². The SMILES string of the molecule is COc1cc2c(cc1OCCCCCCN1CCN(C(=O)c3nc(-c4ccccc4)n4ccccc34)CC1)C=C[C@@H]1CCCN1C2=O. The van der Waals surface area contributed by atoms with Gasteiger partial charge in [0.1, 0.15) is 5.82 Å². The third kappa shape index (κ3) is 6.49. The molecule has 7 rings (SSSR count). The molecule has 0 saturated carbocycles. The van der Waals surface area contributed by atoms with Gasteiger partial charge in [-0.15, -0.1) is 0 Å². The zero-order valence-corrected chi connectivity index (χ0v) is 27.1. The van der Waals surface area contributed by atoms with Crippen molar-refractivity contribution in [3.8, 4) is 22.9 Å². The number of carbonyl (C=O) groups excluding carboxylic acids is 2. The van der Waals surface area contributed by atoms with Crippen LogP contribution in [0, 0.1) is 0 Å². The van der Waals surface area contributed by atoms with Crippen molar-refractivity contribution in [2.45, 2.75) is 44.6 Å². The molecule has 9 heteroatoms. The Morgan fingerprint density at radius 2 is 1.72 bits per heavy atom. The second kappa shape index (κ2) is 14.0. The molecule has 0 radical (unpaired) electrons. The number of piperazine rings is 1. The lowest BCUT2D eigenvalue weighted by Crippen LogP contribution is -2.49. The van der Waals surface area contributed by atoms with Gasteiger partial charge in [-0.1, -0.05) is 61.4 Å². The zero-order chi connectivity index (χ0) is 32.2. The van der Waals surface area contributed by atoms with E-state index < -0.39 is 0 Å². The van der Waals surface area contributed by atoms with Gasteiger partial charge >= 0.3 is 0 Å². The number of unbranched alkanes of at least 4 members (excludes halogenated alkanes) is 3. The molecule has 4 aromatic rings. The fourth-order valence-corrected chi connectivity index (χ4v) is 7.07. The van der Waals surface area contributed by atoms with E-state index in [9.17, 15) is 9.59 Å². The van der Waals surface area contributed by atoms with E-state index in [-0.39, 0.29) is 17.9 Å². The Morgan fingerprint density at radius 1 is 0.915 bits per heavy atom. The van der Waals surface area contributed by atoms with Crippen molar-refractivity contribution in [1.82, 2.24) is 24.1 Å². The summed E-state index contributed by atoms with van der Waals surface area (Å²) in [6, 6.07) is 19.9. The van der Waals surface area contributed by atoms with Gasteiger partial charge in [-0.25, -0.2) is 4.98 Å². The minimum absolute atomic E-state index is 0.00426. The Morgan fingerprint density at radius 3 is 2.55 bits per heavy atom. The van der Waals surface area contributed by atoms with E-state index >= 15 is 0 Å². The van der Waals surface area contributed by atoms with Gasteiger partial charge in [-0.05, 0) is 62.1 Å². The van der Waals surface area contributed by atoms with Crippen molar-refractivity contribution >= 4 is 23.4 Å². The maximum absolute atomic E-state index is 13.6. The summed E-state index contributed by atoms with van der Waals surface area (Å²) >= 11 is 0. The van der Waals surface area contributed by atoms with E-state index in [4.69, 9.17) is 14.5 Å². The molecule has 2 amide bonds. The molecule has 1 atom stereocenters. The van der Waals surface area contributed by atoms with E-state index in [2.05, 4.69) is 17.1 Å². The van der Waals surface area contributed by atoms with Crippen LogP contribution in [0.2, 0.25) is 0 Å². The summed E-state index contributed by atoms with van der Waals surface area (Å²) in [7, 11) is 1.63. The van der Waals surface area contributed by atoms with Crippen LogP contribution >= 0.6 is 0 Å². The lowest BCUT2D eigenvalue weighted by molar-refractivity contribution is 0.0631. The number of ether oxygens (including phenoxy) is 2. The van der Waals surface area contributed by atoms with Crippen molar-refractivity contribution in [3.63, 3.8) is 0 Å². The van der Waals surface area contributed by atoms with Gasteiger partial charge in [0, 0.05) is 44.5 Å². The predicted molar refractivity (Wildman–Crippen MR) is 183 cm³/mol. The molecule has 0 bridgehead atoms. The molecule has 9 nitrogen and oxygen atoms in total. The summed E-state index contributed by atoms with van der Waals surface area (Å²) in [4.78, 5) is 37.9. The number of methoxy groups -OCH3 is 1. The van der Waals surface area contributed by atoms with Crippen LogP contribution in [-0.2, 0) is 0 Å². The minimum Gasteiger partial charge on any atom is -0.493 e. The van der Waals surface area contributed by atoms with Gasteiger partial charge in [0.2, 0.25) is 0 Å². The second-order valence-electron chi connectivity index (χ2n) is 12.7. The number of nitrogens with zero attached hydrogens (tertiary/aromatic N) is 5. The monoisotopic (exact) mass is 633 g/mol. The van der Waals surface area contributed by atoms with Crippen molar-refractivity contribution < 1.29 is 19.1 Å². The lowest BCUT2D eigenvalue weighted by Gasteiger charge is -2.34. The zero-order valence-electron chi connectivity index (χ0n) is 27.1. The topological polar surface area (TPSA) is 79.6 Å². The van der Waals surface area contributed by atoms with Crippen LogP contribution in [0.5, 0.6) is 11.5 Å². The van der Waals surface area contributed by atoms with Gasteiger partial charge in [0.15, 0.2) is 17.2 Å². The molecule has 3 aliphatic heterocycles. The first-order valence-corrected chi connectivity index (χ1v) is 17.0. The maximum Gasteiger partial charge on any atom is 0.274 e. The third-order valence-corrected chi connectivity index (χ3v) is 9.69. The summed E-state index contributed by atoms with van der Waals surface area (Å²) in [5, 5.41) is 0. The fourth-order valence-electron chi connectivity index (χ4n) is 7.07. The number of rotatable bonds is 11. The summed E-state index contributed by atoms with van der Waals surface area (Å²) in [6.07, 6.45) is 12.5. The number of pyridine rings is 1. The maximum atomic E-state index is 13.6. The third-order valence-electron chi connectivity index (χ3n) is 9.69. The molecule has 3 aliphatic rings. The Kier molecular flexibility index (Phi) is 9.24. The van der Waals surface area contributed by atoms with E-state index in [0.29, 0.717) is 42.5 Å². The van der Waals surface area contributed by atoms with Gasteiger partial charge in [-0.3, -0.25) is 18.9 Å². The van der Waals surface area contributed by atoms with Crippen molar-refractivity contribution in [2.24, 2.45) is 0 Å². The normalized spacial score (nSPS) is 17.9. The quantitative estimate of drug-likeness (QED) is 0.188. The van der Waals surface area contributed by atoms with Crippen LogP contribution < -0.4 is 9.47 Å². The molecule has 244 valence electrons. The van der Waals surface area contributed by atoms with E-state index in [1.807, 2.05) is 81.1 Å². The molecule has 0 unspecified atom stereocenters. The molecule has 0 aliphatic carbocycles. The highest BCUT2D eigenvalue weighted by Crippen LogP contribution is 2.35. The van der Waals surface area contributed by atoms with Gasteiger partial charge < -0.3 is 19.3 Å². The van der Waals surface area contributed by atoms with Gasteiger partial charge in [0.25, 0.3) is 11.8 Å². The molecule has 0 spiro atoms. The molecule has 2 aromatic heterocycles. The van der Waals surface area contributed by atoms with Crippen LogP contribution in [0.4, 0.5) is 0 Å². The summed E-state index contributed by atoms with van der Waals surface area (Å²) < 4.78 is 13.8. The smallest absolute Gasteiger partial charge is 0.274 e. The largest absolute Gasteiger partial charge is 0.493 e. The average molecular weight is 634 g/mol. The Labute approximate surface area is 276 Å². The van der Waals surface area contributed by atoms with Gasteiger partial charge in [0.05, 0.1) is 30.8 Å². The second-order valence-corrected chi connectivity index (χ2v) is 12.7. The number of imidazole rings is 1. The Bertz CT molecular complexity index is 1760. The van der Waals surface area contributed by atoms with Crippen molar-refractivity contribution in [1.29, 1.82) is 0 Å². The summed E-state index contributed by atoms with van der Waals surface area (Å²) in [5.41, 5.74) is 3.95. The van der Waals surface area contributed by atoms with Crippen LogP contribution in [0.3, 0.4) is 0 Å². The first-order chi connectivity index (χ1) is 23.1. The van der Waals surface area contributed by atoms with E-state index in [1.165, 1.54) is 0 Å². The molecule has 2 saturated heterocycles. The molecule has 2 aromatic carbocycles. The standard InChI is InChI=1S/C38H43N5O4/c1-46-33-27-31-29(16-17-30-14-11-20-42(30)37(31)44)26-34(33)47-25-10-3-2-8-18-40-21-23-41(24-22-40)38(45)35-32-15-7-9-19-43(32)36(39-35)28-12-5-4-6-13-28/h4-7,9,12-13,15-17,19,26-27,30H,2-3,8,10-11,14,18,20-25H2,1H3/t30-/m0/s1. The molecule has 2 fully saturated rings. The molecule has 0 N–H and O–H groups in total. The number of aromatic nitrogens is 2. The summed E-state index contributed by atoms with van der Waals surface area (Å²) in [6.45, 7) is 5.62. The van der Waals surface area contributed by atoms with Crippen molar-refractivity contribution in [2.75, 3.05) is 53.0 Å². The highest BCUT2D eigenvalue weighted by Gasteiger charge is 2.32. The van der Waals surface area contributed by atoms with E-state index in [0.717, 1.165) is 87.2 Å². The minimum atomic E-state index is 0.00426. The van der Waals surface area contributed by atoms with Crippen LogP contribution in [0.15, 0.2) is 72.9 Å². The van der Waals surface area contributed by atoms with E-state index in [1.54, 1.807) is 7.11 Å². The molecular weight excluding hydrogens is 590 g/mol. The fraction of sp³-hybridized carbons (Fsp3) is 0.395. The first kappa shape index (κ1) is 31.0. The molecular formula is C38H43N5O4.